The van der Waals surface area contributed by atoms with Crippen LogP contribution >= 0.6 is 0 Å². The summed E-state index contributed by atoms with van der Waals surface area (Å²) >= 11 is 0. The Hall–Kier alpha value is -3.01. The molecule has 1 aromatic rings. The Balaban J connectivity index is 1.52. The number of nitrogens with one attached hydrogen (secondary N) is 4. The highest BCUT2D eigenvalue weighted by Gasteiger charge is 2.30. The van der Waals surface area contributed by atoms with Gasteiger partial charge in [0.05, 0.1) is 6.61 Å². The summed E-state index contributed by atoms with van der Waals surface area (Å²) in [5.41, 5.74) is 0.785. The number of aliphatic hydroxyl groups is 1. The van der Waals surface area contributed by atoms with Gasteiger partial charge in [0.15, 0.2) is 11.5 Å². The Bertz CT molecular complexity index is 695. The van der Waals surface area contributed by atoms with E-state index in [2.05, 4.69) is 21.3 Å². The molecule has 0 aliphatic carbocycles. The largest absolute Gasteiger partial charge is 0.454 e. The maximum absolute atomic E-state index is 12.2. The van der Waals surface area contributed by atoms with Crippen LogP contribution in [0.2, 0.25) is 0 Å². The fraction of sp³-hybridized carbons (Fsp3) is 0.400. The molecule has 4 amide bonds. The smallest absolute Gasteiger partial charge is 0.315 e. The van der Waals surface area contributed by atoms with Gasteiger partial charge in [-0.15, -0.1) is 0 Å². The third-order valence-corrected chi connectivity index (χ3v) is 3.81. The van der Waals surface area contributed by atoms with Crippen LogP contribution in [0.25, 0.3) is 0 Å². The molecule has 0 spiro atoms. The highest BCUT2D eigenvalue weighted by atomic mass is 16.7. The minimum Gasteiger partial charge on any atom is -0.454 e. The normalized spacial score (nSPS) is 18.9. The summed E-state index contributed by atoms with van der Waals surface area (Å²) in [7, 11) is 0. The van der Waals surface area contributed by atoms with Crippen molar-refractivity contribution in [1.82, 2.24) is 21.3 Å². The SMILES string of the molecule is O=C1NCC(C(=O)N[C@@H](CO)C(=O)NCc2ccc3c(c2)OCO3)N1. The average molecular weight is 350 g/mol. The molecule has 2 heterocycles. The maximum atomic E-state index is 12.2. The average Bonchev–Trinajstić information content (AvgIpc) is 3.25. The zero-order chi connectivity index (χ0) is 17.8. The van der Waals surface area contributed by atoms with Crippen LogP contribution in [0.5, 0.6) is 11.5 Å². The Kier molecular flexibility index (Phi) is 4.89. The first-order valence-electron chi connectivity index (χ1n) is 7.68. The summed E-state index contributed by atoms with van der Waals surface area (Å²) in [6.07, 6.45) is 0. The second kappa shape index (κ2) is 7.26. The number of rotatable bonds is 6. The van der Waals surface area contributed by atoms with E-state index in [-0.39, 0.29) is 19.9 Å². The van der Waals surface area contributed by atoms with Gasteiger partial charge in [0.2, 0.25) is 18.6 Å². The number of ether oxygens (including phenoxy) is 2. The molecular formula is C15H18N4O6. The monoisotopic (exact) mass is 350 g/mol. The van der Waals surface area contributed by atoms with E-state index in [1.165, 1.54) is 0 Å². The Morgan fingerprint density at radius 1 is 1.32 bits per heavy atom. The predicted octanol–water partition coefficient (Wildman–Crippen LogP) is -1.81. The van der Waals surface area contributed by atoms with Crippen LogP contribution in [0.15, 0.2) is 18.2 Å². The summed E-state index contributed by atoms with van der Waals surface area (Å²) in [5.74, 6) is 0.160. The molecule has 2 aliphatic heterocycles. The molecule has 0 bridgehead atoms. The molecule has 0 radical (unpaired) electrons. The lowest BCUT2D eigenvalue weighted by atomic mass is 10.2. The minimum atomic E-state index is -1.11. The predicted molar refractivity (Wildman–Crippen MR) is 83.8 cm³/mol. The van der Waals surface area contributed by atoms with Gasteiger partial charge in [-0.1, -0.05) is 6.07 Å². The molecule has 10 heteroatoms. The van der Waals surface area contributed by atoms with Gasteiger partial charge in [-0.05, 0) is 17.7 Å². The van der Waals surface area contributed by atoms with Crippen molar-refractivity contribution < 1.29 is 29.0 Å². The van der Waals surface area contributed by atoms with Gasteiger partial charge in [-0.3, -0.25) is 9.59 Å². The van der Waals surface area contributed by atoms with Crippen LogP contribution < -0.4 is 30.7 Å². The van der Waals surface area contributed by atoms with E-state index < -0.39 is 36.5 Å². The second-order valence-electron chi connectivity index (χ2n) is 5.56. The van der Waals surface area contributed by atoms with E-state index in [0.29, 0.717) is 11.5 Å². The molecule has 2 atom stereocenters. The van der Waals surface area contributed by atoms with Gasteiger partial charge in [0.1, 0.15) is 12.1 Å². The Morgan fingerprint density at radius 3 is 2.84 bits per heavy atom. The zero-order valence-corrected chi connectivity index (χ0v) is 13.2. The third kappa shape index (κ3) is 3.91. The van der Waals surface area contributed by atoms with Crippen molar-refractivity contribution in [1.29, 1.82) is 0 Å². The van der Waals surface area contributed by atoms with Crippen molar-refractivity contribution in [2.75, 3.05) is 19.9 Å². The molecule has 3 rings (SSSR count). The third-order valence-electron chi connectivity index (χ3n) is 3.81. The summed E-state index contributed by atoms with van der Waals surface area (Å²) in [6.45, 7) is -0.0751. The summed E-state index contributed by atoms with van der Waals surface area (Å²) < 4.78 is 10.5. The number of urea groups is 1. The molecule has 1 aromatic carbocycles. The van der Waals surface area contributed by atoms with Crippen molar-refractivity contribution in [3.05, 3.63) is 23.8 Å². The minimum absolute atomic E-state index is 0.127. The van der Waals surface area contributed by atoms with Crippen molar-refractivity contribution in [2.45, 2.75) is 18.6 Å². The van der Waals surface area contributed by atoms with Gasteiger partial charge in [0.25, 0.3) is 0 Å². The van der Waals surface area contributed by atoms with Gasteiger partial charge in [0, 0.05) is 13.1 Å². The first-order valence-corrected chi connectivity index (χ1v) is 7.68. The van der Waals surface area contributed by atoms with E-state index in [0.717, 1.165) is 5.56 Å². The molecule has 0 aromatic heterocycles. The van der Waals surface area contributed by atoms with E-state index in [1.54, 1.807) is 18.2 Å². The van der Waals surface area contributed by atoms with Gasteiger partial charge >= 0.3 is 6.03 Å². The van der Waals surface area contributed by atoms with Crippen LogP contribution in [0.1, 0.15) is 5.56 Å². The van der Waals surface area contributed by atoms with Gasteiger partial charge < -0.3 is 35.8 Å². The summed E-state index contributed by atoms with van der Waals surface area (Å²) in [6, 6.07) is 2.93. The van der Waals surface area contributed by atoms with Crippen molar-refractivity contribution in [2.24, 2.45) is 0 Å². The number of fused-ring (bicyclic) bond motifs is 1. The quantitative estimate of drug-likeness (QED) is 0.410. The number of amides is 4. The van der Waals surface area contributed by atoms with E-state index in [1.807, 2.05) is 0 Å². The number of hydrogen-bond acceptors (Lipinski definition) is 6. The molecule has 1 fully saturated rings. The number of carbonyl (C=O) groups is 3. The fourth-order valence-electron chi connectivity index (χ4n) is 2.44. The number of hydrogen-bond donors (Lipinski definition) is 5. The fourth-order valence-corrected chi connectivity index (χ4v) is 2.44. The first kappa shape index (κ1) is 16.8. The molecular weight excluding hydrogens is 332 g/mol. The van der Waals surface area contributed by atoms with Crippen LogP contribution in [-0.2, 0) is 16.1 Å². The lowest BCUT2D eigenvalue weighted by Gasteiger charge is -2.18. The topological polar surface area (TPSA) is 138 Å². The molecule has 25 heavy (non-hydrogen) atoms. The second-order valence-corrected chi connectivity index (χ2v) is 5.56. The first-order chi connectivity index (χ1) is 12.1. The molecule has 5 N–H and O–H groups in total. The molecule has 0 saturated carbocycles. The highest BCUT2D eigenvalue weighted by molar-refractivity contribution is 5.93. The van der Waals surface area contributed by atoms with E-state index in [9.17, 15) is 19.5 Å². The van der Waals surface area contributed by atoms with Gasteiger partial charge in [-0.25, -0.2) is 4.79 Å². The lowest BCUT2D eigenvalue weighted by Crippen LogP contribution is -2.53. The summed E-state index contributed by atoms with van der Waals surface area (Å²) in [5, 5.41) is 19.2. The Labute approximate surface area is 142 Å². The molecule has 2 aliphatic rings. The Morgan fingerprint density at radius 2 is 2.12 bits per heavy atom. The van der Waals surface area contributed by atoms with Crippen molar-refractivity contribution in [3.8, 4) is 11.5 Å². The molecule has 1 saturated heterocycles. The maximum Gasteiger partial charge on any atom is 0.315 e. The molecule has 134 valence electrons. The number of benzene rings is 1. The highest BCUT2D eigenvalue weighted by Crippen LogP contribution is 2.32. The number of carbonyl (C=O) groups excluding carboxylic acids is 3. The summed E-state index contributed by atoms with van der Waals surface area (Å²) in [4.78, 5) is 35.2. The van der Waals surface area contributed by atoms with Gasteiger partial charge in [-0.2, -0.15) is 0 Å². The van der Waals surface area contributed by atoms with Crippen molar-refractivity contribution >= 4 is 17.8 Å². The standard InChI is InChI=1S/C15H18N4O6/c20-6-10(18-14(22)9-5-17-15(23)19-9)13(21)16-4-8-1-2-11-12(3-8)25-7-24-11/h1-3,9-10,20H,4-7H2,(H,16,21)(H,18,22)(H2,17,19,23)/t9?,10-/m0/s1. The van der Waals surface area contributed by atoms with Crippen LogP contribution in [-0.4, -0.2) is 55.0 Å². The van der Waals surface area contributed by atoms with Crippen LogP contribution in [0.4, 0.5) is 4.79 Å². The lowest BCUT2D eigenvalue weighted by molar-refractivity contribution is -0.130. The molecule has 1 unspecified atom stereocenters. The molecule has 10 nitrogen and oxygen atoms in total. The van der Waals surface area contributed by atoms with Crippen LogP contribution in [0.3, 0.4) is 0 Å². The van der Waals surface area contributed by atoms with E-state index >= 15 is 0 Å². The zero-order valence-electron chi connectivity index (χ0n) is 13.2. The number of aliphatic hydroxyl groups excluding tert-OH is 1. The van der Waals surface area contributed by atoms with E-state index in [4.69, 9.17) is 9.47 Å². The van der Waals surface area contributed by atoms with Crippen molar-refractivity contribution in [3.63, 3.8) is 0 Å². The van der Waals surface area contributed by atoms with Crippen LogP contribution in [0, 0.1) is 0 Å².